The third kappa shape index (κ3) is 2.30. The van der Waals surface area contributed by atoms with Gasteiger partial charge in [-0.15, -0.1) is 11.3 Å². The SMILES string of the molecule is c1csc(Cc2nc3c(c(C4CC4)n2)CNCC3)c1. The molecule has 2 aromatic heterocycles. The lowest BCUT2D eigenvalue weighted by atomic mass is 10.0. The van der Waals surface area contributed by atoms with Gasteiger partial charge in [0.2, 0.25) is 0 Å². The number of nitrogens with one attached hydrogen (secondary N) is 1. The second kappa shape index (κ2) is 4.69. The van der Waals surface area contributed by atoms with E-state index in [1.54, 1.807) is 11.3 Å². The molecule has 0 amide bonds. The summed E-state index contributed by atoms with van der Waals surface area (Å²) in [4.78, 5) is 11.1. The van der Waals surface area contributed by atoms with E-state index in [0.29, 0.717) is 5.92 Å². The van der Waals surface area contributed by atoms with Crippen LogP contribution >= 0.6 is 11.3 Å². The average Bonchev–Trinajstić information content (AvgIpc) is 3.16. The monoisotopic (exact) mass is 271 g/mol. The standard InChI is InChI=1S/C15H17N3S/c1-2-11(19-7-1)8-14-17-13-5-6-16-9-12(13)15(18-14)10-3-4-10/h1-2,7,10,16H,3-6,8-9H2. The molecule has 1 aliphatic carbocycles. The number of fused-ring (bicyclic) bond motifs is 1. The maximum atomic E-state index is 4.88. The molecular weight excluding hydrogens is 254 g/mol. The predicted octanol–water partition coefficient (Wildman–Crippen LogP) is 2.65. The Morgan fingerprint density at radius 1 is 1.32 bits per heavy atom. The first-order chi connectivity index (χ1) is 9.40. The maximum Gasteiger partial charge on any atom is 0.134 e. The van der Waals surface area contributed by atoms with E-state index in [0.717, 1.165) is 31.8 Å². The van der Waals surface area contributed by atoms with E-state index in [4.69, 9.17) is 9.97 Å². The Kier molecular flexibility index (Phi) is 2.85. The molecule has 2 aliphatic rings. The summed E-state index contributed by atoms with van der Waals surface area (Å²) in [6, 6.07) is 4.27. The lowest BCUT2D eigenvalue weighted by Gasteiger charge is -2.20. The Morgan fingerprint density at radius 2 is 2.26 bits per heavy atom. The summed E-state index contributed by atoms with van der Waals surface area (Å²) in [6.07, 6.45) is 4.55. The highest BCUT2D eigenvalue weighted by molar-refractivity contribution is 7.09. The van der Waals surface area contributed by atoms with Gasteiger partial charge in [0, 0.05) is 42.3 Å². The zero-order valence-electron chi connectivity index (χ0n) is 10.9. The Labute approximate surface area is 117 Å². The van der Waals surface area contributed by atoms with Crippen LogP contribution in [-0.4, -0.2) is 16.5 Å². The van der Waals surface area contributed by atoms with Gasteiger partial charge in [0.15, 0.2) is 0 Å². The molecule has 0 spiro atoms. The van der Waals surface area contributed by atoms with Crippen LogP contribution in [0, 0.1) is 0 Å². The molecule has 1 aliphatic heterocycles. The van der Waals surface area contributed by atoms with E-state index in [2.05, 4.69) is 22.8 Å². The van der Waals surface area contributed by atoms with Crippen LogP contribution in [0.4, 0.5) is 0 Å². The molecule has 1 N–H and O–H groups in total. The normalized spacial score (nSPS) is 18.3. The highest BCUT2D eigenvalue weighted by atomic mass is 32.1. The molecule has 0 radical (unpaired) electrons. The largest absolute Gasteiger partial charge is 0.312 e. The van der Waals surface area contributed by atoms with Gasteiger partial charge in [-0.05, 0) is 24.3 Å². The fourth-order valence-electron chi connectivity index (χ4n) is 2.76. The second-order valence-corrected chi connectivity index (χ2v) is 6.44. The van der Waals surface area contributed by atoms with Crippen LogP contribution in [0.1, 0.15) is 46.4 Å². The van der Waals surface area contributed by atoms with E-state index >= 15 is 0 Å². The van der Waals surface area contributed by atoms with Gasteiger partial charge in [0.05, 0.1) is 11.4 Å². The van der Waals surface area contributed by atoms with E-state index in [-0.39, 0.29) is 0 Å². The van der Waals surface area contributed by atoms with Crippen molar-refractivity contribution < 1.29 is 0 Å². The molecule has 1 fully saturated rings. The summed E-state index contributed by atoms with van der Waals surface area (Å²) in [6.45, 7) is 2.01. The number of rotatable bonds is 3. The van der Waals surface area contributed by atoms with Crippen LogP contribution in [0.2, 0.25) is 0 Å². The molecule has 0 saturated heterocycles. The van der Waals surface area contributed by atoms with Crippen molar-refractivity contribution >= 4 is 11.3 Å². The summed E-state index contributed by atoms with van der Waals surface area (Å²) in [5.41, 5.74) is 4.02. The van der Waals surface area contributed by atoms with E-state index in [1.807, 2.05) is 0 Å². The molecule has 3 heterocycles. The van der Waals surface area contributed by atoms with E-state index in [1.165, 1.54) is 34.7 Å². The van der Waals surface area contributed by atoms with Crippen LogP contribution in [0.15, 0.2) is 17.5 Å². The first-order valence-corrected chi connectivity index (χ1v) is 7.90. The molecule has 2 aromatic rings. The number of hydrogen-bond donors (Lipinski definition) is 1. The van der Waals surface area contributed by atoms with Crippen LogP contribution in [0.5, 0.6) is 0 Å². The van der Waals surface area contributed by atoms with Gasteiger partial charge in [-0.2, -0.15) is 0 Å². The molecule has 0 unspecified atom stereocenters. The van der Waals surface area contributed by atoms with Gasteiger partial charge in [-0.25, -0.2) is 9.97 Å². The molecule has 0 aromatic carbocycles. The minimum atomic E-state index is 0.707. The Balaban J connectivity index is 1.73. The third-order valence-electron chi connectivity index (χ3n) is 3.89. The molecule has 4 heteroatoms. The van der Waals surface area contributed by atoms with Gasteiger partial charge in [-0.3, -0.25) is 0 Å². The summed E-state index contributed by atoms with van der Waals surface area (Å²) < 4.78 is 0. The number of thiophene rings is 1. The first-order valence-electron chi connectivity index (χ1n) is 7.02. The Morgan fingerprint density at radius 3 is 3.05 bits per heavy atom. The van der Waals surface area contributed by atoms with Crippen LogP contribution in [0.25, 0.3) is 0 Å². The quantitative estimate of drug-likeness (QED) is 0.932. The van der Waals surface area contributed by atoms with Crippen molar-refractivity contribution in [3.05, 3.63) is 45.2 Å². The summed E-state index contributed by atoms with van der Waals surface area (Å²) >= 11 is 1.79. The maximum absolute atomic E-state index is 4.88. The number of aromatic nitrogens is 2. The van der Waals surface area contributed by atoms with E-state index in [9.17, 15) is 0 Å². The fraction of sp³-hybridized carbons (Fsp3) is 0.467. The van der Waals surface area contributed by atoms with Crippen molar-refractivity contribution in [3.63, 3.8) is 0 Å². The topological polar surface area (TPSA) is 37.8 Å². The van der Waals surface area contributed by atoms with Gasteiger partial charge in [0.25, 0.3) is 0 Å². The van der Waals surface area contributed by atoms with Gasteiger partial charge in [-0.1, -0.05) is 6.07 Å². The minimum Gasteiger partial charge on any atom is -0.312 e. The lowest BCUT2D eigenvalue weighted by molar-refractivity contribution is 0.611. The number of hydrogen-bond acceptors (Lipinski definition) is 4. The summed E-state index contributed by atoms with van der Waals surface area (Å²) in [5.74, 6) is 1.73. The molecule has 3 nitrogen and oxygen atoms in total. The first kappa shape index (κ1) is 11.6. The van der Waals surface area contributed by atoms with Crippen molar-refractivity contribution in [2.45, 2.75) is 38.1 Å². The van der Waals surface area contributed by atoms with Gasteiger partial charge >= 0.3 is 0 Å². The Hall–Kier alpha value is -1.26. The molecule has 0 atom stereocenters. The van der Waals surface area contributed by atoms with Crippen molar-refractivity contribution in [1.29, 1.82) is 0 Å². The predicted molar refractivity (Wildman–Crippen MR) is 76.5 cm³/mol. The van der Waals surface area contributed by atoms with E-state index < -0.39 is 0 Å². The van der Waals surface area contributed by atoms with Crippen molar-refractivity contribution in [2.24, 2.45) is 0 Å². The highest BCUT2D eigenvalue weighted by Gasteiger charge is 2.30. The smallest absolute Gasteiger partial charge is 0.134 e. The Bertz CT molecular complexity index is 588. The van der Waals surface area contributed by atoms with Crippen LogP contribution in [-0.2, 0) is 19.4 Å². The van der Waals surface area contributed by atoms with Gasteiger partial charge < -0.3 is 5.32 Å². The second-order valence-electron chi connectivity index (χ2n) is 5.41. The molecule has 98 valence electrons. The zero-order chi connectivity index (χ0) is 12.7. The van der Waals surface area contributed by atoms with Crippen LogP contribution in [0.3, 0.4) is 0 Å². The minimum absolute atomic E-state index is 0.707. The average molecular weight is 271 g/mol. The lowest BCUT2D eigenvalue weighted by Crippen LogP contribution is -2.27. The molecular formula is C15H17N3S. The molecule has 1 saturated carbocycles. The summed E-state index contributed by atoms with van der Waals surface area (Å²) in [5, 5.41) is 5.58. The van der Waals surface area contributed by atoms with Gasteiger partial charge in [0.1, 0.15) is 5.82 Å². The molecule has 4 rings (SSSR count). The zero-order valence-corrected chi connectivity index (χ0v) is 11.7. The summed E-state index contributed by atoms with van der Waals surface area (Å²) in [7, 11) is 0. The van der Waals surface area contributed by atoms with Crippen LogP contribution < -0.4 is 5.32 Å². The molecule has 0 bridgehead atoms. The fourth-order valence-corrected chi connectivity index (χ4v) is 3.47. The number of nitrogens with zero attached hydrogens (tertiary/aromatic N) is 2. The van der Waals surface area contributed by atoms with Crippen molar-refractivity contribution in [3.8, 4) is 0 Å². The van der Waals surface area contributed by atoms with Crippen molar-refractivity contribution in [1.82, 2.24) is 15.3 Å². The third-order valence-corrected chi connectivity index (χ3v) is 4.76. The van der Waals surface area contributed by atoms with Crippen molar-refractivity contribution in [2.75, 3.05) is 6.54 Å². The molecule has 19 heavy (non-hydrogen) atoms. The highest BCUT2D eigenvalue weighted by Crippen LogP contribution is 2.41.